The van der Waals surface area contributed by atoms with E-state index in [0.29, 0.717) is 42.5 Å². The summed E-state index contributed by atoms with van der Waals surface area (Å²) in [5.74, 6) is -2.40. The lowest BCUT2D eigenvalue weighted by molar-refractivity contribution is -0.134. The van der Waals surface area contributed by atoms with Crippen LogP contribution in [0, 0.1) is 23.4 Å². The van der Waals surface area contributed by atoms with Crippen molar-refractivity contribution < 1.29 is 22.8 Å². The molecule has 8 heteroatoms. The summed E-state index contributed by atoms with van der Waals surface area (Å²) in [5.41, 5.74) is 2.17. The first-order valence-corrected chi connectivity index (χ1v) is 10.6. The summed E-state index contributed by atoms with van der Waals surface area (Å²) in [6.07, 6.45) is 1.59. The molecule has 1 saturated heterocycles. The summed E-state index contributed by atoms with van der Waals surface area (Å²) >= 11 is 0. The lowest BCUT2D eigenvalue weighted by Crippen LogP contribution is -2.46. The van der Waals surface area contributed by atoms with Crippen molar-refractivity contribution in [3.8, 4) is 11.3 Å². The van der Waals surface area contributed by atoms with Gasteiger partial charge in [0.2, 0.25) is 11.8 Å². The molecule has 2 aliphatic rings. The molecule has 0 bridgehead atoms. The van der Waals surface area contributed by atoms with Crippen molar-refractivity contribution in [2.45, 2.75) is 31.2 Å². The number of fused-ring (bicyclic) bond motifs is 1. The van der Waals surface area contributed by atoms with Crippen LogP contribution in [0.5, 0.6) is 0 Å². The molecule has 5 rings (SSSR count). The number of likely N-dealkylation sites (N-methyl/N-ethyl adjacent to an activating group) is 1. The number of amides is 2. The zero-order chi connectivity index (χ0) is 22.6. The Kier molecular flexibility index (Phi) is 4.95. The predicted molar refractivity (Wildman–Crippen MR) is 113 cm³/mol. The van der Waals surface area contributed by atoms with Gasteiger partial charge in [-0.15, -0.1) is 0 Å². The zero-order valence-electron chi connectivity index (χ0n) is 17.4. The number of rotatable bonds is 4. The second-order valence-corrected chi connectivity index (χ2v) is 8.71. The van der Waals surface area contributed by atoms with Gasteiger partial charge in [0.05, 0.1) is 11.2 Å². The Balaban J connectivity index is 1.43. The first kappa shape index (κ1) is 20.6. The topological polar surface area (TPSA) is 65.2 Å². The summed E-state index contributed by atoms with van der Waals surface area (Å²) in [5, 5.41) is 3.26. The number of aromatic amines is 1. The monoisotopic (exact) mass is 441 g/mol. The molecule has 5 nitrogen and oxygen atoms in total. The van der Waals surface area contributed by atoms with E-state index in [1.807, 2.05) is 0 Å². The van der Waals surface area contributed by atoms with Crippen molar-refractivity contribution in [3.05, 3.63) is 59.4 Å². The first-order valence-electron chi connectivity index (χ1n) is 10.6. The molecule has 2 amide bonds. The van der Waals surface area contributed by atoms with Gasteiger partial charge < -0.3 is 15.2 Å². The maximum atomic E-state index is 14.5. The number of aromatic nitrogens is 1. The molecule has 1 atom stereocenters. The van der Waals surface area contributed by atoms with Gasteiger partial charge in [0.15, 0.2) is 0 Å². The Morgan fingerprint density at radius 3 is 2.47 bits per heavy atom. The van der Waals surface area contributed by atoms with Crippen LogP contribution in [0.25, 0.3) is 22.2 Å². The van der Waals surface area contributed by atoms with Gasteiger partial charge in [0.1, 0.15) is 23.5 Å². The maximum absolute atomic E-state index is 14.5. The Morgan fingerprint density at radius 1 is 1.09 bits per heavy atom. The molecule has 0 radical (unpaired) electrons. The summed E-state index contributed by atoms with van der Waals surface area (Å²) in [7, 11) is 1.71. The molecular formula is C24H22F3N3O2. The van der Waals surface area contributed by atoms with Crippen molar-refractivity contribution in [3.63, 3.8) is 0 Å². The van der Waals surface area contributed by atoms with Gasteiger partial charge in [0, 0.05) is 31.0 Å². The average molecular weight is 441 g/mol. The fourth-order valence-electron chi connectivity index (χ4n) is 4.82. The van der Waals surface area contributed by atoms with Crippen LogP contribution in [0.4, 0.5) is 13.2 Å². The summed E-state index contributed by atoms with van der Waals surface area (Å²) in [4.78, 5) is 29.4. The zero-order valence-corrected chi connectivity index (χ0v) is 17.4. The summed E-state index contributed by atoms with van der Waals surface area (Å²) in [6.45, 7) is 0.616. The van der Waals surface area contributed by atoms with Crippen LogP contribution in [-0.4, -0.2) is 41.3 Å². The van der Waals surface area contributed by atoms with Gasteiger partial charge in [-0.3, -0.25) is 9.59 Å². The minimum atomic E-state index is -0.702. The third-order valence-corrected chi connectivity index (χ3v) is 6.66. The number of halogens is 3. The van der Waals surface area contributed by atoms with Crippen LogP contribution in [0.3, 0.4) is 0 Å². The quantitative estimate of drug-likeness (QED) is 0.641. The van der Waals surface area contributed by atoms with Gasteiger partial charge in [-0.1, -0.05) is 0 Å². The molecule has 2 fully saturated rings. The molecule has 1 unspecified atom stereocenters. The van der Waals surface area contributed by atoms with E-state index in [1.54, 1.807) is 24.1 Å². The third kappa shape index (κ3) is 3.43. The fourth-order valence-corrected chi connectivity index (χ4v) is 4.82. The highest BCUT2D eigenvalue weighted by molar-refractivity contribution is 5.93. The molecular weight excluding hydrogens is 419 g/mol. The number of hydrogen-bond acceptors (Lipinski definition) is 2. The van der Waals surface area contributed by atoms with Crippen molar-refractivity contribution in [2.24, 2.45) is 5.92 Å². The number of nitrogens with one attached hydrogen (secondary N) is 2. The predicted octanol–water partition coefficient (Wildman–Crippen LogP) is 4.09. The maximum Gasteiger partial charge on any atom is 0.244 e. The fraction of sp³-hybridized carbons (Fsp3) is 0.333. The molecule has 166 valence electrons. The van der Waals surface area contributed by atoms with E-state index in [0.717, 1.165) is 11.6 Å². The Labute approximate surface area is 182 Å². The molecule has 1 aliphatic carbocycles. The van der Waals surface area contributed by atoms with Gasteiger partial charge in [0.25, 0.3) is 0 Å². The van der Waals surface area contributed by atoms with Crippen molar-refractivity contribution in [1.29, 1.82) is 0 Å². The number of H-pyrrole nitrogens is 1. The molecule has 2 heterocycles. The molecule has 32 heavy (non-hydrogen) atoms. The lowest BCUT2D eigenvalue weighted by atomic mass is 9.69. The van der Waals surface area contributed by atoms with E-state index < -0.39 is 23.5 Å². The van der Waals surface area contributed by atoms with Gasteiger partial charge >= 0.3 is 0 Å². The van der Waals surface area contributed by atoms with Crippen LogP contribution in [0.15, 0.2) is 36.4 Å². The highest BCUT2D eigenvalue weighted by Crippen LogP contribution is 2.48. The van der Waals surface area contributed by atoms with E-state index in [2.05, 4.69) is 10.3 Å². The molecule has 2 aromatic carbocycles. The van der Waals surface area contributed by atoms with Crippen LogP contribution in [0.1, 0.15) is 30.7 Å². The molecule has 3 aromatic rings. The smallest absolute Gasteiger partial charge is 0.244 e. The number of benzene rings is 2. The molecule has 2 N–H and O–H groups in total. The highest BCUT2D eigenvalue weighted by atomic mass is 19.1. The highest BCUT2D eigenvalue weighted by Gasteiger charge is 2.40. The van der Waals surface area contributed by atoms with Crippen LogP contribution in [-0.2, 0) is 9.59 Å². The summed E-state index contributed by atoms with van der Waals surface area (Å²) < 4.78 is 41.9. The van der Waals surface area contributed by atoms with E-state index in [1.165, 1.54) is 18.2 Å². The minimum Gasteiger partial charge on any atom is -0.352 e. The number of carbonyl (C=O) groups excluding carboxylic acids is 2. The van der Waals surface area contributed by atoms with Crippen LogP contribution < -0.4 is 5.32 Å². The third-order valence-electron chi connectivity index (χ3n) is 6.66. The van der Waals surface area contributed by atoms with E-state index in [9.17, 15) is 22.8 Å². The van der Waals surface area contributed by atoms with E-state index >= 15 is 0 Å². The van der Waals surface area contributed by atoms with E-state index in [4.69, 9.17) is 0 Å². The number of nitrogens with zero attached hydrogens (tertiary/aromatic N) is 1. The van der Waals surface area contributed by atoms with E-state index in [-0.39, 0.29) is 29.2 Å². The molecule has 1 aromatic heterocycles. The second-order valence-electron chi connectivity index (χ2n) is 8.71. The molecule has 0 spiro atoms. The minimum absolute atomic E-state index is 0.0876. The number of hydrogen-bond donors (Lipinski definition) is 2. The van der Waals surface area contributed by atoms with Gasteiger partial charge in [-0.05, 0) is 66.6 Å². The standard InChI is InChI=1S/C24H22F3N3O2/c1-30-7-6-19(24(30)32)28-23(31)14-8-13(9-14)20-17-10-16(26)11-18(27)22(17)29-21(20)12-2-4-15(25)5-3-12/h2-5,10-11,13-14,19,29H,6-9H2,1H3,(H,28,31)/t13-,14-,19?. The number of likely N-dealkylation sites (tertiary alicyclic amines) is 1. The Hall–Kier alpha value is -3.29. The van der Waals surface area contributed by atoms with Gasteiger partial charge in [-0.2, -0.15) is 0 Å². The normalized spacial score (nSPS) is 22.9. The van der Waals surface area contributed by atoms with Gasteiger partial charge in [-0.25, -0.2) is 13.2 Å². The Morgan fingerprint density at radius 2 is 1.81 bits per heavy atom. The second kappa shape index (κ2) is 7.69. The van der Waals surface area contributed by atoms with Crippen LogP contribution in [0.2, 0.25) is 0 Å². The average Bonchev–Trinajstić information content (AvgIpc) is 3.23. The lowest BCUT2D eigenvalue weighted by Gasteiger charge is -2.35. The van der Waals surface area contributed by atoms with Crippen molar-refractivity contribution in [1.82, 2.24) is 15.2 Å². The Bertz CT molecular complexity index is 1220. The molecule has 1 aliphatic heterocycles. The largest absolute Gasteiger partial charge is 0.352 e. The van der Waals surface area contributed by atoms with Crippen LogP contribution >= 0.6 is 0 Å². The summed E-state index contributed by atoms with van der Waals surface area (Å²) in [6, 6.07) is 7.42. The SMILES string of the molecule is CN1CCC(NC(=O)[C@H]2C[C@H](c3c(-c4ccc(F)cc4)[nH]c4c(F)cc(F)cc43)C2)C1=O. The first-order chi connectivity index (χ1) is 15.3. The van der Waals surface area contributed by atoms with Crippen molar-refractivity contribution in [2.75, 3.05) is 13.6 Å². The number of carbonyl (C=O) groups is 2. The molecule has 1 saturated carbocycles. The van der Waals surface area contributed by atoms with Crippen molar-refractivity contribution >= 4 is 22.7 Å².